The molecule has 0 amide bonds. The van der Waals surface area contributed by atoms with Crippen molar-refractivity contribution in [2.24, 2.45) is 0 Å². The number of benzene rings is 2. The van der Waals surface area contributed by atoms with E-state index in [9.17, 15) is 14.4 Å². The number of hydrogen-bond acceptors (Lipinski definition) is 10. The Morgan fingerprint density at radius 3 is 2.44 bits per heavy atom. The van der Waals surface area contributed by atoms with E-state index in [0.717, 1.165) is 4.90 Å². The van der Waals surface area contributed by atoms with Crippen molar-refractivity contribution in [1.29, 1.82) is 0 Å². The summed E-state index contributed by atoms with van der Waals surface area (Å²) in [4.78, 5) is 35.7. The molecule has 0 bridgehead atoms. The molecule has 0 radical (unpaired) electrons. The van der Waals surface area contributed by atoms with Crippen LogP contribution >= 0.6 is 11.8 Å². The monoisotopic (exact) mass is 487 g/mol. The molecular weight excluding hydrogens is 462 g/mol. The van der Waals surface area contributed by atoms with Crippen LogP contribution in [0, 0.1) is 0 Å². The third-order valence-corrected chi connectivity index (χ3v) is 5.32. The Bertz CT molecular complexity index is 1220. The van der Waals surface area contributed by atoms with E-state index in [1.807, 2.05) is 13.8 Å². The molecule has 10 heteroatoms. The van der Waals surface area contributed by atoms with Gasteiger partial charge in [0.1, 0.15) is 23.0 Å². The van der Waals surface area contributed by atoms with E-state index < -0.39 is 5.97 Å². The van der Waals surface area contributed by atoms with Gasteiger partial charge in [-0.2, -0.15) is 0 Å². The number of hydrogen-bond donors (Lipinski definition) is 1. The normalized spacial score (nSPS) is 10.9. The fourth-order valence-corrected chi connectivity index (χ4v) is 3.90. The molecule has 1 aromatic heterocycles. The zero-order valence-electron chi connectivity index (χ0n) is 19.2. The molecule has 0 aliphatic heterocycles. The second kappa shape index (κ2) is 11.6. The number of esters is 1. The molecular formula is C24H25NO8S. The summed E-state index contributed by atoms with van der Waals surface area (Å²) >= 11 is 1.23. The maximum Gasteiger partial charge on any atom is 0.325 e. The molecule has 0 spiro atoms. The summed E-state index contributed by atoms with van der Waals surface area (Å²) in [5, 5.41) is 3.25. The van der Waals surface area contributed by atoms with Gasteiger partial charge in [-0.25, -0.2) is 0 Å². The summed E-state index contributed by atoms with van der Waals surface area (Å²) in [5.74, 6) is 0.819. The molecule has 0 saturated carbocycles. The van der Waals surface area contributed by atoms with Crippen LogP contribution in [0.1, 0.15) is 13.8 Å². The molecule has 0 unspecified atom stereocenters. The van der Waals surface area contributed by atoms with E-state index in [-0.39, 0.29) is 35.8 Å². The van der Waals surface area contributed by atoms with Crippen molar-refractivity contribution in [3.63, 3.8) is 0 Å². The first-order chi connectivity index (χ1) is 16.4. The fourth-order valence-electron chi connectivity index (χ4n) is 3.10. The summed E-state index contributed by atoms with van der Waals surface area (Å²) in [7, 11) is 2.93. The van der Waals surface area contributed by atoms with Gasteiger partial charge in [-0.15, -0.1) is 0 Å². The van der Waals surface area contributed by atoms with Crippen molar-refractivity contribution in [2.75, 3.05) is 27.3 Å². The maximum atomic E-state index is 12.9. The average molecular weight is 488 g/mol. The van der Waals surface area contributed by atoms with Gasteiger partial charge in [0.15, 0.2) is 22.0 Å². The van der Waals surface area contributed by atoms with Crippen molar-refractivity contribution >= 4 is 35.0 Å². The molecule has 0 atom stereocenters. The first-order valence-corrected chi connectivity index (χ1v) is 11.2. The Labute approximate surface area is 200 Å². The van der Waals surface area contributed by atoms with Crippen LogP contribution < -0.4 is 29.7 Å². The predicted octanol–water partition coefficient (Wildman–Crippen LogP) is 3.44. The van der Waals surface area contributed by atoms with Crippen LogP contribution in [0.15, 0.2) is 55.6 Å². The van der Waals surface area contributed by atoms with Gasteiger partial charge in [-0.05, 0) is 38.1 Å². The quantitative estimate of drug-likeness (QED) is 0.187. The van der Waals surface area contributed by atoms with Crippen molar-refractivity contribution in [3.8, 4) is 23.0 Å². The molecule has 0 fully saturated rings. The van der Waals surface area contributed by atoms with Crippen LogP contribution in [0.25, 0.3) is 11.0 Å². The highest BCUT2D eigenvalue weighted by Gasteiger charge is 2.21. The number of ether oxygens (including phenoxy) is 4. The highest BCUT2D eigenvalue weighted by Crippen LogP contribution is 2.43. The topological polar surface area (TPSA) is 113 Å². The summed E-state index contributed by atoms with van der Waals surface area (Å²) in [5.41, 5.74) is 0.0139. The van der Waals surface area contributed by atoms with Crippen LogP contribution in [0.3, 0.4) is 0 Å². The third kappa shape index (κ3) is 6.09. The van der Waals surface area contributed by atoms with Crippen molar-refractivity contribution in [1.82, 2.24) is 5.32 Å². The number of fused-ring (bicyclic) bond motifs is 1. The number of methoxy groups -OCH3 is 2. The number of nitrogens with one attached hydrogen (secondary N) is 1. The molecule has 0 aliphatic rings. The SMILES string of the molecule is COc1c(OC(C)C)cc2oc(Sc3ccc(OC(=O)CNCC=O)cc3)cc(=O)c2c1OC. The standard InChI is InChI=1S/C24H25NO8S/c1-14(2)31-19-12-18-22(24(30-4)23(19)29-3)17(27)11-21(33-18)34-16-7-5-15(6-8-16)32-20(28)13-25-9-10-26/h5-8,10-12,14,25H,9,13H2,1-4H3. The highest BCUT2D eigenvalue weighted by molar-refractivity contribution is 7.99. The molecule has 3 rings (SSSR count). The number of carbonyl (C=O) groups excluding carboxylic acids is 2. The van der Waals surface area contributed by atoms with Gasteiger partial charge in [-0.3, -0.25) is 9.59 Å². The van der Waals surface area contributed by atoms with Crippen LogP contribution in [-0.4, -0.2) is 45.7 Å². The van der Waals surface area contributed by atoms with Gasteiger partial charge in [-0.1, -0.05) is 11.8 Å². The van der Waals surface area contributed by atoms with E-state index in [1.165, 1.54) is 32.0 Å². The molecule has 34 heavy (non-hydrogen) atoms. The Kier molecular flexibility index (Phi) is 8.55. The van der Waals surface area contributed by atoms with Crippen LogP contribution in [0.4, 0.5) is 0 Å². The first-order valence-electron chi connectivity index (χ1n) is 10.4. The minimum atomic E-state index is -0.508. The number of carbonyl (C=O) groups is 2. The summed E-state index contributed by atoms with van der Waals surface area (Å²) in [6.45, 7) is 3.75. The van der Waals surface area contributed by atoms with Gasteiger partial charge in [0.2, 0.25) is 5.75 Å². The van der Waals surface area contributed by atoms with E-state index >= 15 is 0 Å². The highest BCUT2D eigenvalue weighted by atomic mass is 32.2. The van der Waals surface area contributed by atoms with Crippen LogP contribution in [-0.2, 0) is 9.59 Å². The van der Waals surface area contributed by atoms with Crippen LogP contribution in [0.2, 0.25) is 0 Å². The lowest BCUT2D eigenvalue weighted by Crippen LogP contribution is -2.27. The third-order valence-electron chi connectivity index (χ3n) is 4.41. The van der Waals surface area contributed by atoms with Gasteiger partial charge in [0.05, 0.1) is 33.4 Å². The summed E-state index contributed by atoms with van der Waals surface area (Å²) in [6.07, 6.45) is 0.531. The molecule has 0 saturated heterocycles. The van der Waals surface area contributed by atoms with E-state index in [1.54, 1.807) is 30.3 Å². The molecule has 180 valence electrons. The lowest BCUT2D eigenvalue weighted by atomic mass is 10.1. The summed E-state index contributed by atoms with van der Waals surface area (Å²) < 4.78 is 27.9. The Morgan fingerprint density at radius 2 is 1.82 bits per heavy atom. The smallest absolute Gasteiger partial charge is 0.325 e. The Balaban J connectivity index is 1.86. The minimum absolute atomic E-state index is 0.0748. The lowest BCUT2D eigenvalue weighted by Gasteiger charge is -2.17. The molecule has 3 aromatic rings. The van der Waals surface area contributed by atoms with Crippen molar-refractivity contribution in [2.45, 2.75) is 29.9 Å². The molecule has 1 N–H and O–H groups in total. The second-order valence-corrected chi connectivity index (χ2v) is 8.33. The predicted molar refractivity (Wildman–Crippen MR) is 126 cm³/mol. The van der Waals surface area contributed by atoms with E-state index in [2.05, 4.69) is 5.32 Å². The van der Waals surface area contributed by atoms with E-state index in [0.29, 0.717) is 34.2 Å². The zero-order chi connectivity index (χ0) is 24.7. The Morgan fingerprint density at radius 1 is 1.12 bits per heavy atom. The summed E-state index contributed by atoms with van der Waals surface area (Å²) in [6, 6.07) is 9.72. The zero-order valence-corrected chi connectivity index (χ0v) is 20.0. The number of rotatable bonds is 11. The molecule has 2 aromatic carbocycles. The fraction of sp³-hybridized carbons (Fsp3) is 0.292. The molecule has 9 nitrogen and oxygen atoms in total. The van der Waals surface area contributed by atoms with Gasteiger partial charge >= 0.3 is 5.97 Å². The largest absolute Gasteiger partial charge is 0.492 e. The van der Waals surface area contributed by atoms with E-state index in [4.69, 9.17) is 23.4 Å². The van der Waals surface area contributed by atoms with Gasteiger partial charge in [0.25, 0.3) is 0 Å². The van der Waals surface area contributed by atoms with Crippen molar-refractivity contribution in [3.05, 3.63) is 46.6 Å². The van der Waals surface area contributed by atoms with Gasteiger partial charge < -0.3 is 33.5 Å². The van der Waals surface area contributed by atoms with Crippen molar-refractivity contribution < 1.29 is 33.0 Å². The second-order valence-electron chi connectivity index (χ2n) is 7.26. The number of aldehydes is 1. The molecule has 1 heterocycles. The van der Waals surface area contributed by atoms with Gasteiger partial charge in [0, 0.05) is 17.0 Å². The lowest BCUT2D eigenvalue weighted by molar-refractivity contribution is -0.133. The average Bonchev–Trinajstić information content (AvgIpc) is 2.79. The Hall–Kier alpha value is -3.50. The maximum absolute atomic E-state index is 12.9. The van der Waals surface area contributed by atoms with Crippen LogP contribution in [0.5, 0.6) is 23.0 Å². The first kappa shape index (κ1) is 25.1. The molecule has 0 aliphatic carbocycles. The minimum Gasteiger partial charge on any atom is -0.492 e.